The number of aliphatic carboxylic acids is 1. The van der Waals surface area contributed by atoms with Crippen molar-refractivity contribution in [3.63, 3.8) is 0 Å². The molecule has 1 heterocycles. The van der Waals surface area contributed by atoms with E-state index in [1.807, 2.05) is 11.8 Å². The maximum atomic E-state index is 13.0. The van der Waals surface area contributed by atoms with Crippen LogP contribution in [0.25, 0.3) is 0 Å². The maximum Gasteiger partial charge on any atom is 0.326 e. The van der Waals surface area contributed by atoms with Gasteiger partial charge in [-0.15, -0.1) is 0 Å². The zero-order chi connectivity index (χ0) is 17.5. The first kappa shape index (κ1) is 18.4. The molecule has 1 aromatic rings. The van der Waals surface area contributed by atoms with E-state index >= 15 is 0 Å². The summed E-state index contributed by atoms with van der Waals surface area (Å²) in [7, 11) is 0. The third kappa shape index (κ3) is 5.03. The van der Waals surface area contributed by atoms with Gasteiger partial charge in [0.05, 0.1) is 6.04 Å². The highest BCUT2D eigenvalue weighted by Gasteiger charge is 2.32. The Labute approximate surface area is 141 Å². The van der Waals surface area contributed by atoms with Crippen LogP contribution in [-0.4, -0.2) is 40.5 Å². The van der Waals surface area contributed by atoms with Gasteiger partial charge >= 0.3 is 5.97 Å². The first-order valence-electron chi connectivity index (χ1n) is 8.53. The number of halogens is 1. The van der Waals surface area contributed by atoms with Crippen LogP contribution in [-0.2, 0) is 16.1 Å². The number of carbonyl (C=O) groups excluding carboxylic acids is 1. The average Bonchev–Trinajstić information content (AvgIpc) is 3.01. The molecule has 1 aliphatic heterocycles. The smallest absolute Gasteiger partial charge is 0.326 e. The van der Waals surface area contributed by atoms with Crippen molar-refractivity contribution >= 4 is 11.9 Å². The van der Waals surface area contributed by atoms with E-state index in [0.29, 0.717) is 19.4 Å². The van der Waals surface area contributed by atoms with Crippen LogP contribution >= 0.6 is 0 Å². The van der Waals surface area contributed by atoms with E-state index in [0.717, 1.165) is 31.4 Å². The molecule has 1 amide bonds. The summed E-state index contributed by atoms with van der Waals surface area (Å²) in [5, 5.41) is 11.9. The van der Waals surface area contributed by atoms with E-state index in [1.54, 1.807) is 12.1 Å². The molecule has 1 fully saturated rings. The topological polar surface area (TPSA) is 69.6 Å². The molecular formula is C18H25FN2O3. The molecule has 0 radical (unpaired) electrons. The Hall–Kier alpha value is -1.95. The van der Waals surface area contributed by atoms with Crippen molar-refractivity contribution in [3.05, 3.63) is 35.6 Å². The normalized spacial score (nSPS) is 19.2. The van der Waals surface area contributed by atoms with Crippen molar-refractivity contribution < 1.29 is 19.1 Å². The third-order valence-electron chi connectivity index (χ3n) is 4.43. The number of nitrogens with zero attached hydrogens (tertiary/aromatic N) is 1. The Morgan fingerprint density at radius 2 is 2.08 bits per heavy atom. The molecule has 0 aliphatic carbocycles. The van der Waals surface area contributed by atoms with Gasteiger partial charge in [-0.25, -0.2) is 9.18 Å². The molecule has 0 aromatic heterocycles. The van der Waals surface area contributed by atoms with Gasteiger partial charge in [-0.05, 0) is 43.5 Å². The van der Waals surface area contributed by atoms with Crippen LogP contribution in [0.1, 0.15) is 44.6 Å². The fourth-order valence-electron chi connectivity index (χ4n) is 3.07. The van der Waals surface area contributed by atoms with Gasteiger partial charge in [-0.1, -0.05) is 31.9 Å². The number of likely N-dealkylation sites (tertiary alicyclic amines) is 1. The Kier molecular flexibility index (Phi) is 6.73. The fourth-order valence-corrected chi connectivity index (χ4v) is 3.07. The zero-order valence-electron chi connectivity index (χ0n) is 14.0. The minimum absolute atomic E-state index is 0.224. The first-order valence-corrected chi connectivity index (χ1v) is 8.53. The Balaban J connectivity index is 1.96. The monoisotopic (exact) mass is 336 g/mol. The maximum absolute atomic E-state index is 13.0. The molecule has 6 heteroatoms. The van der Waals surface area contributed by atoms with E-state index < -0.39 is 12.0 Å². The standard InChI is InChI=1S/C18H25FN2O3/c1-2-3-5-15(18(23)24)20-17(22)16-6-4-11-21(16)12-13-7-9-14(19)10-8-13/h7-10,15-16H,2-6,11-12H2,1H3,(H,20,22)(H,23,24)/t15-,16?/m0/s1. The van der Waals surface area contributed by atoms with Crippen LogP contribution in [0.5, 0.6) is 0 Å². The number of benzene rings is 1. The van der Waals surface area contributed by atoms with E-state index in [4.69, 9.17) is 0 Å². The molecule has 1 aliphatic rings. The van der Waals surface area contributed by atoms with Crippen molar-refractivity contribution in [1.82, 2.24) is 10.2 Å². The molecule has 2 rings (SSSR count). The second kappa shape index (κ2) is 8.78. The van der Waals surface area contributed by atoms with Gasteiger partial charge in [-0.2, -0.15) is 0 Å². The predicted molar refractivity (Wildman–Crippen MR) is 88.9 cm³/mol. The van der Waals surface area contributed by atoms with Crippen LogP contribution in [0, 0.1) is 5.82 Å². The molecule has 5 nitrogen and oxygen atoms in total. The minimum atomic E-state index is -0.986. The number of carboxylic acid groups (broad SMARTS) is 1. The lowest BCUT2D eigenvalue weighted by atomic mass is 10.1. The van der Waals surface area contributed by atoms with E-state index in [9.17, 15) is 19.1 Å². The van der Waals surface area contributed by atoms with Gasteiger partial charge in [0.15, 0.2) is 0 Å². The Bertz CT molecular complexity index is 562. The second-order valence-corrected chi connectivity index (χ2v) is 6.30. The van der Waals surface area contributed by atoms with Gasteiger partial charge in [-0.3, -0.25) is 9.69 Å². The molecule has 24 heavy (non-hydrogen) atoms. The lowest BCUT2D eigenvalue weighted by molar-refractivity contribution is -0.142. The van der Waals surface area contributed by atoms with Crippen molar-refractivity contribution in [2.75, 3.05) is 6.54 Å². The highest BCUT2D eigenvalue weighted by atomic mass is 19.1. The summed E-state index contributed by atoms with van der Waals surface area (Å²) >= 11 is 0. The molecule has 0 saturated carbocycles. The van der Waals surface area contributed by atoms with Crippen molar-refractivity contribution in [2.24, 2.45) is 0 Å². The number of hydrogen-bond donors (Lipinski definition) is 2. The molecule has 1 unspecified atom stereocenters. The van der Waals surface area contributed by atoms with Crippen LogP contribution in [0.15, 0.2) is 24.3 Å². The fraction of sp³-hybridized carbons (Fsp3) is 0.556. The molecule has 1 aromatic carbocycles. The van der Waals surface area contributed by atoms with Crippen molar-refractivity contribution in [1.29, 1.82) is 0 Å². The van der Waals surface area contributed by atoms with Crippen LogP contribution in [0.3, 0.4) is 0 Å². The summed E-state index contributed by atoms with van der Waals surface area (Å²) in [5.41, 5.74) is 0.942. The summed E-state index contributed by atoms with van der Waals surface area (Å²) in [6.07, 6.45) is 3.71. The first-order chi connectivity index (χ1) is 11.5. The van der Waals surface area contributed by atoms with Gasteiger partial charge in [0.2, 0.25) is 5.91 Å². The second-order valence-electron chi connectivity index (χ2n) is 6.30. The highest BCUT2D eigenvalue weighted by molar-refractivity contribution is 5.87. The number of unbranched alkanes of at least 4 members (excludes halogenated alkanes) is 1. The molecule has 2 atom stereocenters. The third-order valence-corrected chi connectivity index (χ3v) is 4.43. The van der Waals surface area contributed by atoms with Crippen molar-refractivity contribution in [2.45, 2.75) is 57.7 Å². The number of amides is 1. The molecule has 132 valence electrons. The average molecular weight is 336 g/mol. The van der Waals surface area contributed by atoms with Gasteiger partial charge < -0.3 is 10.4 Å². The summed E-state index contributed by atoms with van der Waals surface area (Å²) in [5.74, 6) is -1.49. The van der Waals surface area contributed by atoms with Crippen LogP contribution in [0.2, 0.25) is 0 Å². The molecule has 0 bridgehead atoms. The molecule has 1 saturated heterocycles. The molecule has 0 spiro atoms. The SMILES string of the molecule is CCCC[C@H](NC(=O)C1CCCN1Cc1ccc(F)cc1)C(=O)O. The highest BCUT2D eigenvalue weighted by Crippen LogP contribution is 2.21. The molecule has 2 N–H and O–H groups in total. The minimum Gasteiger partial charge on any atom is -0.480 e. The van der Waals surface area contributed by atoms with Crippen molar-refractivity contribution in [3.8, 4) is 0 Å². The summed E-state index contributed by atoms with van der Waals surface area (Å²) in [6, 6.07) is 5.09. The summed E-state index contributed by atoms with van der Waals surface area (Å²) in [6.45, 7) is 3.33. The number of carboxylic acids is 1. The Morgan fingerprint density at radius 3 is 2.71 bits per heavy atom. The summed E-state index contributed by atoms with van der Waals surface area (Å²) < 4.78 is 13.0. The lowest BCUT2D eigenvalue weighted by Crippen LogP contribution is -2.49. The van der Waals surface area contributed by atoms with Gasteiger partial charge in [0, 0.05) is 6.54 Å². The number of carbonyl (C=O) groups is 2. The van der Waals surface area contributed by atoms with Crippen LogP contribution < -0.4 is 5.32 Å². The largest absolute Gasteiger partial charge is 0.480 e. The van der Waals surface area contributed by atoms with Crippen LogP contribution in [0.4, 0.5) is 4.39 Å². The number of rotatable bonds is 8. The number of hydrogen-bond acceptors (Lipinski definition) is 3. The molecular weight excluding hydrogens is 311 g/mol. The van der Waals surface area contributed by atoms with E-state index in [-0.39, 0.29) is 17.8 Å². The lowest BCUT2D eigenvalue weighted by Gasteiger charge is -2.25. The predicted octanol–water partition coefficient (Wildman–Crippen LogP) is 2.55. The zero-order valence-corrected chi connectivity index (χ0v) is 14.0. The Morgan fingerprint density at radius 1 is 1.38 bits per heavy atom. The summed E-state index contributed by atoms with van der Waals surface area (Å²) in [4.78, 5) is 25.8. The van der Waals surface area contributed by atoms with Gasteiger partial charge in [0.1, 0.15) is 11.9 Å². The van der Waals surface area contributed by atoms with Gasteiger partial charge in [0.25, 0.3) is 0 Å². The van der Waals surface area contributed by atoms with E-state index in [1.165, 1.54) is 12.1 Å². The quantitative estimate of drug-likeness (QED) is 0.765. The number of nitrogens with one attached hydrogen (secondary N) is 1. The van der Waals surface area contributed by atoms with E-state index in [2.05, 4.69) is 5.32 Å².